The van der Waals surface area contributed by atoms with E-state index < -0.39 is 0 Å². The molecule has 0 atom stereocenters. The molecule has 5 aromatic rings. The van der Waals surface area contributed by atoms with Gasteiger partial charge in [0.05, 0.1) is 19.4 Å². The molecule has 1 N–H and O–H groups in total. The first kappa shape index (κ1) is 18.8. The van der Waals surface area contributed by atoms with Crippen molar-refractivity contribution < 1.29 is 4.74 Å². The summed E-state index contributed by atoms with van der Waals surface area (Å²) in [6.45, 7) is 3.44. The molecule has 0 unspecified atom stereocenters. The molecule has 6 heteroatoms. The number of rotatable bonds is 4. The number of hydrogen-bond acceptors (Lipinski definition) is 5. The lowest BCUT2D eigenvalue weighted by Gasteiger charge is -2.28. The summed E-state index contributed by atoms with van der Waals surface area (Å²) in [4.78, 5) is 7.24. The van der Waals surface area contributed by atoms with Gasteiger partial charge in [-0.2, -0.15) is 5.10 Å². The smallest absolute Gasteiger partial charge is 0.165 e. The molecule has 3 heterocycles. The van der Waals surface area contributed by atoms with Crippen LogP contribution in [0.2, 0.25) is 0 Å². The van der Waals surface area contributed by atoms with Gasteiger partial charge in [0.15, 0.2) is 5.65 Å². The molecule has 1 saturated heterocycles. The molecule has 1 aliphatic heterocycles. The van der Waals surface area contributed by atoms with Crippen molar-refractivity contribution in [2.24, 2.45) is 0 Å². The third-order valence-corrected chi connectivity index (χ3v) is 5.96. The highest BCUT2D eigenvalue weighted by Gasteiger charge is 2.13. The molecule has 0 amide bonds. The fraction of sp³-hybridized carbons (Fsp3) is 0.154. The number of benzene rings is 3. The van der Waals surface area contributed by atoms with Gasteiger partial charge in [-0.1, -0.05) is 42.5 Å². The molecule has 0 spiro atoms. The lowest BCUT2D eigenvalue weighted by atomic mass is 10.0. The molecule has 0 aliphatic carbocycles. The maximum Gasteiger partial charge on any atom is 0.165 e. The molecule has 3 aromatic carbocycles. The Bertz CT molecular complexity index is 1380. The third-order valence-electron chi connectivity index (χ3n) is 5.96. The molecular weight excluding hydrogens is 398 g/mol. The van der Waals surface area contributed by atoms with Crippen LogP contribution in [-0.2, 0) is 4.74 Å². The summed E-state index contributed by atoms with van der Waals surface area (Å²) < 4.78 is 7.27. The van der Waals surface area contributed by atoms with Gasteiger partial charge in [-0.3, -0.25) is 0 Å². The second-order valence-electron chi connectivity index (χ2n) is 7.94. The Hall–Kier alpha value is -3.90. The van der Waals surface area contributed by atoms with Crippen molar-refractivity contribution in [2.75, 3.05) is 36.5 Å². The van der Waals surface area contributed by atoms with Crippen LogP contribution in [-0.4, -0.2) is 40.9 Å². The number of fused-ring (bicyclic) bond motifs is 2. The van der Waals surface area contributed by atoms with Crippen LogP contribution in [0.4, 0.5) is 17.2 Å². The van der Waals surface area contributed by atoms with E-state index in [-0.39, 0.29) is 0 Å². The van der Waals surface area contributed by atoms with E-state index >= 15 is 0 Å². The average Bonchev–Trinajstić information content (AvgIpc) is 3.28. The SMILES string of the molecule is c1ccc2c(-c3cnn4ccc(Nc5ccc(N6CCOCC6)cc5)nc34)cccc2c1. The number of hydrogen-bond donors (Lipinski definition) is 1. The van der Waals surface area contributed by atoms with Crippen LogP contribution < -0.4 is 10.2 Å². The van der Waals surface area contributed by atoms with Crippen LogP contribution in [0.1, 0.15) is 0 Å². The topological polar surface area (TPSA) is 54.7 Å². The van der Waals surface area contributed by atoms with Gasteiger partial charge in [-0.15, -0.1) is 0 Å². The maximum atomic E-state index is 5.45. The minimum atomic E-state index is 0.786. The summed E-state index contributed by atoms with van der Waals surface area (Å²) in [6.07, 6.45) is 3.84. The quantitative estimate of drug-likeness (QED) is 0.436. The Balaban J connectivity index is 1.31. The Morgan fingerprint density at radius 3 is 2.50 bits per heavy atom. The molecule has 0 radical (unpaired) electrons. The van der Waals surface area contributed by atoms with E-state index in [2.05, 4.69) is 82.0 Å². The van der Waals surface area contributed by atoms with Gasteiger partial charge in [0.25, 0.3) is 0 Å². The third kappa shape index (κ3) is 3.44. The predicted molar refractivity (Wildman–Crippen MR) is 129 cm³/mol. The van der Waals surface area contributed by atoms with E-state index in [1.54, 1.807) is 0 Å². The van der Waals surface area contributed by atoms with Crippen LogP contribution in [0.25, 0.3) is 27.5 Å². The molecule has 6 nitrogen and oxygen atoms in total. The summed E-state index contributed by atoms with van der Waals surface area (Å²) in [5.41, 5.74) is 5.21. The van der Waals surface area contributed by atoms with Crippen molar-refractivity contribution in [3.05, 3.63) is 85.2 Å². The molecule has 0 saturated carbocycles. The van der Waals surface area contributed by atoms with E-state index in [0.717, 1.165) is 54.6 Å². The normalized spacial score (nSPS) is 14.2. The van der Waals surface area contributed by atoms with Crippen molar-refractivity contribution in [3.63, 3.8) is 0 Å². The van der Waals surface area contributed by atoms with Crippen LogP contribution in [0.15, 0.2) is 85.2 Å². The molecular formula is C26H23N5O. The molecule has 32 heavy (non-hydrogen) atoms. The van der Waals surface area contributed by atoms with Gasteiger partial charge in [-0.25, -0.2) is 9.50 Å². The zero-order valence-electron chi connectivity index (χ0n) is 17.6. The number of aromatic nitrogens is 3. The summed E-state index contributed by atoms with van der Waals surface area (Å²) in [5.74, 6) is 0.790. The first-order chi connectivity index (χ1) is 15.8. The van der Waals surface area contributed by atoms with E-state index in [4.69, 9.17) is 9.72 Å². The molecule has 158 valence electrons. The second-order valence-corrected chi connectivity index (χ2v) is 7.94. The number of morpholine rings is 1. The van der Waals surface area contributed by atoms with Crippen molar-refractivity contribution in [2.45, 2.75) is 0 Å². The number of nitrogens with zero attached hydrogens (tertiary/aromatic N) is 4. The minimum Gasteiger partial charge on any atom is -0.378 e. The lowest BCUT2D eigenvalue weighted by Crippen LogP contribution is -2.36. The molecule has 1 aliphatic rings. The van der Waals surface area contributed by atoms with Crippen LogP contribution >= 0.6 is 0 Å². The van der Waals surface area contributed by atoms with Crippen molar-refractivity contribution in [1.82, 2.24) is 14.6 Å². The Labute approximate surface area is 186 Å². The van der Waals surface area contributed by atoms with E-state index in [0.29, 0.717) is 0 Å². The van der Waals surface area contributed by atoms with Gasteiger partial charge in [0.1, 0.15) is 5.82 Å². The monoisotopic (exact) mass is 421 g/mol. The maximum absolute atomic E-state index is 5.45. The van der Waals surface area contributed by atoms with Gasteiger partial charge >= 0.3 is 0 Å². The second kappa shape index (κ2) is 7.98. The highest BCUT2D eigenvalue weighted by Crippen LogP contribution is 2.31. The summed E-state index contributed by atoms with van der Waals surface area (Å²) in [6, 6.07) is 25.2. The Morgan fingerprint density at radius 1 is 0.812 bits per heavy atom. The molecule has 1 fully saturated rings. The van der Waals surface area contributed by atoms with E-state index in [9.17, 15) is 0 Å². The lowest BCUT2D eigenvalue weighted by molar-refractivity contribution is 0.122. The zero-order valence-corrected chi connectivity index (χ0v) is 17.6. The fourth-order valence-electron chi connectivity index (χ4n) is 4.31. The molecule has 2 aromatic heterocycles. The van der Waals surface area contributed by atoms with Crippen LogP contribution in [0, 0.1) is 0 Å². The highest BCUT2D eigenvalue weighted by atomic mass is 16.5. The van der Waals surface area contributed by atoms with Crippen molar-refractivity contribution >= 4 is 33.6 Å². The summed E-state index contributed by atoms with van der Waals surface area (Å²) in [7, 11) is 0. The minimum absolute atomic E-state index is 0.786. The summed E-state index contributed by atoms with van der Waals surface area (Å²) >= 11 is 0. The molecule has 0 bridgehead atoms. The Morgan fingerprint density at radius 2 is 1.62 bits per heavy atom. The van der Waals surface area contributed by atoms with Crippen molar-refractivity contribution in [1.29, 1.82) is 0 Å². The highest BCUT2D eigenvalue weighted by molar-refractivity contribution is 5.99. The largest absolute Gasteiger partial charge is 0.378 e. The van der Waals surface area contributed by atoms with E-state index in [1.165, 1.54) is 16.5 Å². The Kier molecular flexibility index (Phi) is 4.70. The first-order valence-corrected chi connectivity index (χ1v) is 10.9. The van der Waals surface area contributed by atoms with Crippen molar-refractivity contribution in [3.8, 4) is 11.1 Å². The number of anilines is 3. The van der Waals surface area contributed by atoms with Gasteiger partial charge < -0.3 is 15.0 Å². The standard InChI is InChI=1S/C26H23N5O/c1-2-6-22-19(4-1)5-3-7-23(22)24-18-27-31-13-12-25(29-26(24)31)28-20-8-10-21(11-9-20)30-14-16-32-17-15-30/h1-13,18H,14-17H2,(H,28,29). The summed E-state index contributed by atoms with van der Waals surface area (Å²) in [5, 5.41) is 10.4. The number of ether oxygens (including phenoxy) is 1. The number of nitrogens with one attached hydrogen (secondary N) is 1. The zero-order chi connectivity index (χ0) is 21.3. The van der Waals surface area contributed by atoms with E-state index in [1.807, 2.05) is 23.0 Å². The van der Waals surface area contributed by atoms with Gasteiger partial charge in [0.2, 0.25) is 0 Å². The first-order valence-electron chi connectivity index (χ1n) is 10.9. The van der Waals surface area contributed by atoms with Crippen LogP contribution in [0.5, 0.6) is 0 Å². The molecule has 6 rings (SSSR count). The van der Waals surface area contributed by atoms with Gasteiger partial charge in [0, 0.05) is 36.2 Å². The van der Waals surface area contributed by atoms with Gasteiger partial charge in [-0.05, 0) is 46.7 Å². The average molecular weight is 422 g/mol. The predicted octanol–water partition coefficient (Wildman–Crippen LogP) is 5.13. The van der Waals surface area contributed by atoms with Crippen LogP contribution in [0.3, 0.4) is 0 Å². The fourth-order valence-corrected chi connectivity index (χ4v) is 4.31.